The topological polar surface area (TPSA) is 32.3 Å². The molecule has 3 heteroatoms. The first-order valence-electron chi connectivity index (χ1n) is 6.10. The maximum atomic E-state index is 11.9. The summed E-state index contributed by atoms with van der Waals surface area (Å²) in [5.74, 6) is 1.22. The molecular weight excluding hydrogens is 188 g/mol. The van der Waals surface area contributed by atoms with Crippen molar-refractivity contribution in [2.75, 3.05) is 19.6 Å². The van der Waals surface area contributed by atoms with Gasteiger partial charge in [0.15, 0.2) is 0 Å². The third-order valence-corrected chi connectivity index (χ3v) is 3.39. The Hall–Kier alpha value is -0.570. The Morgan fingerprint density at radius 3 is 2.80 bits per heavy atom. The number of rotatable bonds is 3. The predicted octanol–water partition coefficient (Wildman–Crippen LogP) is 1.39. The molecule has 2 fully saturated rings. The number of piperazine rings is 1. The molecule has 1 saturated carbocycles. The van der Waals surface area contributed by atoms with Gasteiger partial charge in [-0.2, -0.15) is 0 Å². The van der Waals surface area contributed by atoms with Gasteiger partial charge in [-0.1, -0.05) is 12.8 Å². The van der Waals surface area contributed by atoms with Crippen LogP contribution in [0, 0.1) is 5.92 Å². The zero-order valence-electron chi connectivity index (χ0n) is 9.88. The Kier molecular flexibility index (Phi) is 3.01. The van der Waals surface area contributed by atoms with E-state index in [1.54, 1.807) is 0 Å². The minimum absolute atomic E-state index is 0.0908. The maximum absolute atomic E-state index is 11.9. The highest BCUT2D eigenvalue weighted by molar-refractivity contribution is 5.76. The van der Waals surface area contributed by atoms with Crippen molar-refractivity contribution in [1.82, 2.24) is 10.2 Å². The molecule has 0 aromatic rings. The van der Waals surface area contributed by atoms with Crippen molar-refractivity contribution >= 4 is 5.91 Å². The molecular formula is C12H22N2O. The molecule has 2 aliphatic rings. The van der Waals surface area contributed by atoms with E-state index < -0.39 is 0 Å². The zero-order chi connectivity index (χ0) is 10.9. The highest BCUT2D eigenvalue weighted by Gasteiger charge is 2.29. The summed E-state index contributed by atoms with van der Waals surface area (Å²) in [6, 6.07) is 0. The average molecular weight is 210 g/mol. The molecule has 0 aromatic carbocycles. The molecule has 1 heterocycles. The average Bonchev–Trinajstić information content (AvgIpc) is 2.96. The monoisotopic (exact) mass is 210 g/mol. The third kappa shape index (κ3) is 3.20. The van der Waals surface area contributed by atoms with Gasteiger partial charge < -0.3 is 10.2 Å². The molecule has 1 aliphatic carbocycles. The molecule has 0 bridgehead atoms. The summed E-state index contributed by atoms with van der Waals surface area (Å²) in [6.45, 7) is 6.99. The van der Waals surface area contributed by atoms with E-state index in [1.807, 2.05) is 4.90 Å². The van der Waals surface area contributed by atoms with Crippen LogP contribution in [0.15, 0.2) is 0 Å². The van der Waals surface area contributed by atoms with Crippen LogP contribution in [0.2, 0.25) is 0 Å². The number of amides is 1. The lowest BCUT2D eigenvalue weighted by atomic mass is 10.0. The molecule has 15 heavy (non-hydrogen) atoms. The summed E-state index contributed by atoms with van der Waals surface area (Å²) in [4.78, 5) is 13.9. The molecule has 1 aliphatic heterocycles. The molecule has 0 spiro atoms. The SMILES string of the molecule is CC1(C)CN(C(=O)CCC2CC2)CCN1. The smallest absolute Gasteiger partial charge is 0.222 e. The van der Waals surface area contributed by atoms with Gasteiger partial charge in [-0.15, -0.1) is 0 Å². The number of hydrogen-bond donors (Lipinski definition) is 1. The Bertz CT molecular complexity index is 246. The van der Waals surface area contributed by atoms with E-state index in [1.165, 1.54) is 12.8 Å². The van der Waals surface area contributed by atoms with Crippen molar-refractivity contribution in [3.05, 3.63) is 0 Å². The molecule has 86 valence electrons. The van der Waals surface area contributed by atoms with Gasteiger partial charge in [0.2, 0.25) is 5.91 Å². The summed E-state index contributed by atoms with van der Waals surface area (Å²) < 4.78 is 0. The lowest BCUT2D eigenvalue weighted by molar-refractivity contribution is -0.133. The van der Waals surface area contributed by atoms with E-state index in [4.69, 9.17) is 0 Å². The van der Waals surface area contributed by atoms with Gasteiger partial charge in [0.05, 0.1) is 0 Å². The van der Waals surface area contributed by atoms with Gasteiger partial charge in [-0.25, -0.2) is 0 Å². The standard InChI is InChI=1S/C12H22N2O/c1-12(2)9-14(8-7-13-12)11(15)6-5-10-3-4-10/h10,13H,3-9H2,1-2H3. The van der Waals surface area contributed by atoms with Gasteiger partial charge in [-0.3, -0.25) is 4.79 Å². The first kappa shape index (κ1) is 10.9. The highest BCUT2D eigenvalue weighted by Crippen LogP contribution is 2.33. The van der Waals surface area contributed by atoms with Crippen LogP contribution < -0.4 is 5.32 Å². The molecule has 2 rings (SSSR count). The molecule has 3 nitrogen and oxygen atoms in total. The first-order chi connectivity index (χ1) is 7.07. The van der Waals surface area contributed by atoms with Crippen LogP contribution >= 0.6 is 0 Å². The number of nitrogens with zero attached hydrogens (tertiary/aromatic N) is 1. The molecule has 1 saturated heterocycles. The molecule has 0 radical (unpaired) electrons. The second-order valence-corrected chi connectivity index (χ2v) is 5.61. The van der Waals surface area contributed by atoms with Crippen LogP contribution in [0.1, 0.15) is 39.5 Å². The van der Waals surface area contributed by atoms with E-state index in [-0.39, 0.29) is 5.54 Å². The lowest BCUT2D eigenvalue weighted by Crippen LogP contribution is -2.58. The summed E-state index contributed by atoms with van der Waals surface area (Å²) in [5, 5.41) is 3.43. The van der Waals surface area contributed by atoms with Crippen molar-refractivity contribution in [2.45, 2.75) is 45.1 Å². The van der Waals surface area contributed by atoms with Gasteiger partial charge in [0.25, 0.3) is 0 Å². The summed E-state index contributed by atoms with van der Waals surface area (Å²) in [7, 11) is 0. The van der Waals surface area contributed by atoms with Crippen LogP contribution in [-0.4, -0.2) is 36.0 Å². The van der Waals surface area contributed by atoms with Gasteiger partial charge >= 0.3 is 0 Å². The summed E-state index contributed by atoms with van der Waals surface area (Å²) >= 11 is 0. The van der Waals surface area contributed by atoms with Crippen molar-refractivity contribution in [2.24, 2.45) is 5.92 Å². The van der Waals surface area contributed by atoms with E-state index in [0.29, 0.717) is 5.91 Å². The highest BCUT2D eigenvalue weighted by atomic mass is 16.2. The third-order valence-electron chi connectivity index (χ3n) is 3.39. The predicted molar refractivity (Wildman–Crippen MR) is 60.6 cm³/mol. The van der Waals surface area contributed by atoms with Gasteiger partial charge in [0.1, 0.15) is 0 Å². The van der Waals surface area contributed by atoms with Gasteiger partial charge in [0, 0.05) is 31.6 Å². The molecule has 0 atom stereocenters. The Morgan fingerprint density at radius 1 is 1.47 bits per heavy atom. The summed E-state index contributed by atoms with van der Waals surface area (Å²) in [5.41, 5.74) is 0.0908. The Labute approximate surface area is 92.2 Å². The molecule has 0 unspecified atom stereocenters. The normalized spacial score (nSPS) is 25.3. The minimum Gasteiger partial charge on any atom is -0.340 e. The second-order valence-electron chi connectivity index (χ2n) is 5.61. The van der Waals surface area contributed by atoms with Crippen LogP contribution in [0.3, 0.4) is 0 Å². The Balaban J connectivity index is 1.78. The van der Waals surface area contributed by atoms with Crippen molar-refractivity contribution in [3.8, 4) is 0 Å². The van der Waals surface area contributed by atoms with Crippen molar-refractivity contribution < 1.29 is 4.79 Å². The van der Waals surface area contributed by atoms with Crippen LogP contribution in [0.4, 0.5) is 0 Å². The fraction of sp³-hybridized carbons (Fsp3) is 0.917. The second kappa shape index (κ2) is 4.12. The van der Waals surface area contributed by atoms with Gasteiger partial charge in [-0.05, 0) is 26.2 Å². The molecule has 0 aromatic heterocycles. The zero-order valence-corrected chi connectivity index (χ0v) is 9.88. The van der Waals surface area contributed by atoms with E-state index in [0.717, 1.165) is 38.4 Å². The summed E-state index contributed by atoms with van der Waals surface area (Å²) in [6.07, 6.45) is 4.57. The largest absolute Gasteiger partial charge is 0.340 e. The maximum Gasteiger partial charge on any atom is 0.222 e. The van der Waals surface area contributed by atoms with E-state index in [2.05, 4.69) is 19.2 Å². The lowest BCUT2D eigenvalue weighted by Gasteiger charge is -2.39. The fourth-order valence-electron chi connectivity index (χ4n) is 2.25. The van der Waals surface area contributed by atoms with E-state index in [9.17, 15) is 4.79 Å². The minimum atomic E-state index is 0.0908. The number of nitrogens with one attached hydrogen (secondary N) is 1. The quantitative estimate of drug-likeness (QED) is 0.763. The number of carbonyl (C=O) groups is 1. The van der Waals surface area contributed by atoms with Crippen LogP contribution in [0.5, 0.6) is 0 Å². The Morgan fingerprint density at radius 2 is 2.20 bits per heavy atom. The number of hydrogen-bond acceptors (Lipinski definition) is 2. The first-order valence-corrected chi connectivity index (χ1v) is 6.10. The van der Waals surface area contributed by atoms with Crippen LogP contribution in [-0.2, 0) is 4.79 Å². The van der Waals surface area contributed by atoms with Crippen molar-refractivity contribution in [1.29, 1.82) is 0 Å². The number of carbonyl (C=O) groups excluding carboxylic acids is 1. The van der Waals surface area contributed by atoms with E-state index >= 15 is 0 Å². The molecule has 1 N–H and O–H groups in total. The van der Waals surface area contributed by atoms with Crippen molar-refractivity contribution in [3.63, 3.8) is 0 Å². The molecule has 1 amide bonds. The fourth-order valence-corrected chi connectivity index (χ4v) is 2.25. The van der Waals surface area contributed by atoms with Crippen LogP contribution in [0.25, 0.3) is 0 Å².